The van der Waals surface area contributed by atoms with Crippen molar-refractivity contribution in [2.24, 2.45) is 0 Å². The average Bonchev–Trinajstić information content (AvgIpc) is 2.64. The summed E-state index contributed by atoms with van der Waals surface area (Å²) in [7, 11) is 0. The first kappa shape index (κ1) is 10.5. The van der Waals surface area contributed by atoms with Crippen LogP contribution in [-0.2, 0) is 6.54 Å². The highest BCUT2D eigenvalue weighted by atomic mass is 79.9. The van der Waals surface area contributed by atoms with Gasteiger partial charge in [-0.15, -0.1) is 0 Å². The van der Waals surface area contributed by atoms with E-state index >= 15 is 0 Å². The van der Waals surface area contributed by atoms with Crippen LogP contribution >= 0.6 is 15.9 Å². The predicted molar refractivity (Wildman–Crippen MR) is 68.1 cm³/mol. The fraction of sp³-hybridized carbons (Fsp3) is 0.167. The molecule has 0 amide bonds. The zero-order chi connectivity index (χ0) is 10.7. The van der Waals surface area contributed by atoms with Crippen molar-refractivity contribution in [3.05, 3.63) is 47.1 Å². The summed E-state index contributed by atoms with van der Waals surface area (Å²) in [6, 6.07) is 8.51. The molecule has 1 aromatic heterocycles. The Bertz CT molecular complexity index is 473. The van der Waals surface area contributed by atoms with E-state index in [0.717, 1.165) is 17.6 Å². The molecule has 0 aliphatic rings. The van der Waals surface area contributed by atoms with Crippen LogP contribution in [0, 0.1) is 0 Å². The van der Waals surface area contributed by atoms with Crippen LogP contribution in [0.2, 0.25) is 0 Å². The highest BCUT2D eigenvalue weighted by Gasteiger charge is 1.97. The zero-order valence-corrected chi connectivity index (χ0v) is 9.97. The lowest BCUT2D eigenvalue weighted by atomic mass is 10.1. The summed E-state index contributed by atoms with van der Waals surface area (Å²) in [4.78, 5) is 3.20. The molecule has 15 heavy (non-hydrogen) atoms. The van der Waals surface area contributed by atoms with Gasteiger partial charge in [0.25, 0.3) is 0 Å². The molecule has 78 valence electrons. The van der Waals surface area contributed by atoms with E-state index in [2.05, 4.69) is 57.1 Å². The van der Waals surface area contributed by atoms with Crippen molar-refractivity contribution in [3.63, 3.8) is 0 Å². The first-order chi connectivity index (χ1) is 7.25. The number of aromatic nitrogens is 1. The van der Waals surface area contributed by atoms with Crippen LogP contribution < -0.4 is 5.32 Å². The normalized spacial score (nSPS) is 10.7. The molecule has 2 N–H and O–H groups in total. The Balaban J connectivity index is 2.04. The minimum atomic E-state index is 0.794. The maximum absolute atomic E-state index is 3.78. The third-order valence-electron chi connectivity index (χ3n) is 2.27. The van der Waals surface area contributed by atoms with Crippen molar-refractivity contribution in [1.82, 2.24) is 10.3 Å². The first-order valence-corrected chi connectivity index (χ1v) is 5.65. The monoisotopic (exact) mass is 264 g/mol. The average molecular weight is 265 g/mol. The number of nitrogens with one attached hydrogen (secondary N) is 2. The molecule has 1 heterocycles. The molecular formula is C12H13BrN2. The Morgan fingerprint density at radius 2 is 2.27 bits per heavy atom. The van der Waals surface area contributed by atoms with E-state index in [1.54, 1.807) is 0 Å². The van der Waals surface area contributed by atoms with Crippen LogP contribution in [0.4, 0.5) is 0 Å². The van der Waals surface area contributed by atoms with Crippen molar-refractivity contribution >= 4 is 26.8 Å². The summed E-state index contributed by atoms with van der Waals surface area (Å²) in [5.74, 6) is 0. The van der Waals surface area contributed by atoms with Crippen LogP contribution in [0.15, 0.2) is 41.5 Å². The largest absolute Gasteiger partial charge is 0.361 e. The lowest BCUT2D eigenvalue weighted by Crippen LogP contribution is -2.14. The van der Waals surface area contributed by atoms with Gasteiger partial charge in [0.05, 0.1) is 0 Å². The zero-order valence-electron chi connectivity index (χ0n) is 8.39. The van der Waals surface area contributed by atoms with Gasteiger partial charge in [0.15, 0.2) is 0 Å². The standard InChI is InChI=1S/C12H13BrN2/c1-9(13)7-14-8-10-2-3-11-4-5-15-12(11)6-10/h2-6,14-15H,1,7-8H2. The number of halogens is 1. The van der Waals surface area contributed by atoms with Crippen LogP contribution in [0.1, 0.15) is 5.56 Å². The molecule has 0 saturated heterocycles. The molecule has 0 radical (unpaired) electrons. The van der Waals surface area contributed by atoms with Crippen molar-refractivity contribution in [2.75, 3.05) is 6.54 Å². The van der Waals surface area contributed by atoms with Gasteiger partial charge < -0.3 is 10.3 Å². The van der Waals surface area contributed by atoms with E-state index in [9.17, 15) is 0 Å². The van der Waals surface area contributed by atoms with E-state index < -0.39 is 0 Å². The Morgan fingerprint density at radius 3 is 3.07 bits per heavy atom. The number of H-pyrrole nitrogens is 1. The van der Waals surface area contributed by atoms with E-state index in [1.165, 1.54) is 16.5 Å². The third kappa shape index (κ3) is 2.70. The Labute approximate surface area is 97.5 Å². The molecule has 0 aliphatic carbocycles. The second kappa shape index (κ2) is 4.64. The van der Waals surface area contributed by atoms with Crippen LogP contribution in [0.25, 0.3) is 10.9 Å². The molecule has 2 aromatic rings. The van der Waals surface area contributed by atoms with Crippen molar-refractivity contribution in [3.8, 4) is 0 Å². The number of hydrogen-bond donors (Lipinski definition) is 2. The number of hydrogen-bond acceptors (Lipinski definition) is 1. The van der Waals surface area contributed by atoms with Crippen LogP contribution in [0.3, 0.4) is 0 Å². The van der Waals surface area contributed by atoms with Crippen molar-refractivity contribution < 1.29 is 0 Å². The number of fused-ring (bicyclic) bond motifs is 1. The second-order valence-corrected chi connectivity index (χ2v) is 4.64. The van der Waals surface area contributed by atoms with E-state index in [0.29, 0.717) is 0 Å². The molecule has 0 bridgehead atoms. The van der Waals surface area contributed by atoms with Gasteiger partial charge in [0.1, 0.15) is 0 Å². The second-order valence-electron chi connectivity index (χ2n) is 3.52. The van der Waals surface area contributed by atoms with Crippen LogP contribution in [0.5, 0.6) is 0 Å². The lowest BCUT2D eigenvalue weighted by molar-refractivity contribution is 0.758. The predicted octanol–water partition coefficient (Wildman–Crippen LogP) is 3.17. The van der Waals surface area contributed by atoms with Crippen LogP contribution in [-0.4, -0.2) is 11.5 Å². The highest BCUT2D eigenvalue weighted by Crippen LogP contribution is 2.13. The summed E-state index contributed by atoms with van der Waals surface area (Å²) in [5, 5.41) is 4.55. The number of benzene rings is 1. The van der Waals surface area contributed by atoms with Crippen molar-refractivity contribution in [1.29, 1.82) is 0 Å². The van der Waals surface area contributed by atoms with Gasteiger partial charge in [-0.05, 0) is 23.1 Å². The Hall–Kier alpha value is -1.06. The molecule has 0 unspecified atom stereocenters. The first-order valence-electron chi connectivity index (χ1n) is 4.86. The van der Waals surface area contributed by atoms with Gasteiger partial charge in [-0.25, -0.2) is 0 Å². The lowest BCUT2D eigenvalue weighted by Gasteiger charge is -2.03. The molecule has 3 heteroatoms. The molecule has 2 nitrogen and oxygen atoms in total. The maximum Gasteiger partial charge on any atom is 0.0457 e. The van der Waals surface area contributed by atoms with Gasteiger partial charge in [-0.2, -0.15) is 0 Å². The number of aromatic amines is 1. The SMILES string of the molecule is C=C(Br)CNCc1ccc2cc[nH]c2c1. The smallest absolute Gasteiger partial charge is 0.0457 e. The highest BCUT2D eigenvalue weighted by molar-refractivity contribution is 9.11. The molecular weight excluding hydrogens is 252 g/mol. The maximum atomic E-state index is 3.78. The summed E-state index contributed by atoms with van der Waals surface area (Å²) in [5.41, 5.74) is 2.46. The van der Waals surface area contributed by atoms with E-state index in [-0.39, 0.29) is 0 Å². The van der Waals surface area contributed by atoms with Gasteiger partial charge in [-0.1, -0.05) is 34.6 Å². The molecule has 0 aliphatic heterocycles. The molecule has 0 fully saturated rings. The van der Waals surface area contributed by atoms with E-state index in [4.69, 9.17) is 0 Å². The van der Waals surface area contributed by atoms with Gasteiger partial charge >= 0.3 is 0 Å². The molecule has 0 atom stereocenters. The molecule has 0 spiro atoms. The topological polar surface area (TPSA) is 27.8 Å². The summed E-state index contributed by atoms with van der Waals surface area (Å²) >= 11 is 3.32. The third-order valence-corrected chi connectivity index (χ3v) is 2.55. The van der Waals surface area contributed by atoms with E-state index in [1.807, 2.05) is 6.20 Å². The fourth-order valence-electron chi connectivity index (χ4n) is 1.55. The Kier molecular flexibility index (Phi) is 3.23. The summed E-state index contributed by atoms with van der Waals surface area (Å²) in [6.07, 6.45) is 1.96. The summed E-state index contributed by atoms with van der Waals surface area (Å²) < 4.78 is 0.975. The summed E-state index contributed by atoms with van der Waals surface area (Å²) in [6.45, 7) is 5.43. The minimum absolute atomic E-state index is 0.794. The molecule has 1 aromatic carbocycles. The minimum Gasteiger partial charge on any atom is -0.361 e. The molecule has 0 saturated carbocycles. The number of rotatable bonds is 4. The van der Waals surface area contributed by atoms with Crippen molar-refractivity contribution in [2.45, 2.75) is 6.54 Å². The van der Waals surface area contributed by atoms with Gasteiger partial charge in [0, 0.05) is 29.3 Å². The van der Waals surface area contributed by atoms with Gasteiger partial charge in [0.2, 0.25) is 0 Å². The molecule has 2 rings (SSSR count). The fourth-order valence-corrected chi connectivity index (χ4v) is 1.75. The Morgan fingerprint density at radius 1 is 1.40 bits per heavy atom. The van der Waals surface area contributed by atoms with Gasteiger partial charge in [-0.3, -0.25) is 0 Å². The quantitative estimate of drug-likeness (QED) is 0.873.